The van der Waals surface area contributed by atoms with E-state index >= 15 is 0 Å². The third-order valence-electron chi connectivity index (χ3n) is 10.2. The van der Waals surface area contributed by atoms with Crippen LogP contribution in [0.3, 0.4) is 0 Å². The van der Waals surface area contributed by atoms with E-state index in [1.807, 2.05) is 27.7 Å². The van der Waals surface area contributed by atoms with Gasteiger partial charge in [0.1, 0.15) is 18.1 Å². The van der Waals surface area contributed by atoms with Gasteiger partial charge in [0.15, 0.2) is 0 Å². The topological polar surface area (TPSA) is 183 Å². The van der Waals surface area contributed by atoms with Crippen LogP contribution in [-0.4, -0.2) is 103 Å². The van der Waals surface area contributed by atoms with Gasteiger partial charge in [-0.15, -0.1) is 0 Å². The van der Waals surface area contributed by atoms with Crippen molar-refractivity contribution < 1.29 is 38.3 Å². The summed E-state index contributed by atoms with van der Waals surface area (Å²) in [4.78, 5) is 96.3. The van der Waals surface area contributed by atoms with E-state index in [0.717, 1.165) is 25.7 Å². The first-order chi connectivity index (χ1) is 25.2. The van der Waals surface area contributed by atoms with Gasteiger partial charge < -0.3 is 35.8 Å². The summed E-state index contributed by atoms with van der Waals surface area (Å²) in [6.07, 6.45) is 3.43. The minimum absolute atomic E-state index is 0.108. The number of nitrogens with zero attached hydrogens (tertiary/aromatic N) is 2. The Bertz CT molecular complexity index is 1500. The molecule has 3 rings (SSSR count). The second kappa shape index (κ2) is 19.2. The normalized spacial score (nSPS) is 19.5. The number of hydrogen-bond acceptors (Lipinski definition) is 8. The van der Waals surface area contributed by atoms with Crippen molar-refractivity contribution in [1.29, 1.82) is 0 Å². The lowest BCUT2D eigenvalue weighted by molar-refractivity contribution is -0.143. The zero-order valence-corrected chi connectivity index (χ0v) is 33.6. The van der Waals surface area contributed by atoms with E-state index in [4.69, 9.17) is 4.74 Å². The molecule has 0 bridgehead atoms. The highest BCUT2D eigenvalue weighted by atomic mass is 16.5. The number of Topliss-reactive ketones (excluding diaryl/α,β-unsaturated/α-hetero) is 1. The third-order valence-corrected chi connectivity index (χ3v) is 10.2. The fourth-order valence-electron chi connectivity index (χ4n) is 7.10. The molecular formula is C40H62N6O8. The largest absolute Gasteiger partial charge is 0.449 e. The molecule has 0 spiro atoms. The number of carbonyl (C=O) groups excluding carboxylic acids is 7. The maximum atomic E-state index is 14.4. The Morgan fingerprint density at radius 3 is 2.11 bits per heavy atom. The maximum absolute atomic E-state index is 14.4. The predicted molar refractivity (Wildman–Crippen MR) is 204 cm³/mol. The Morgan fingerprint density at radius 1 is 0.907 bits per heavy atom. The SMILES string of the molecule is CCC[C@@H](NC(=O)[C@@H]1CC(C)(C)CN1C(=O)[C@@H](NC(=O)OCC(C)C)C1CCC(C)(C)CC1)C(=O)C(=O)NCC(=O)N[C@H](C(=O)N(C)C)c1ccccc1. The van der Waals surface area contributed by atoms with Crippen LogP contribution in [0.2, 0.25) is 0 Å². The van der Waals surface area contributed by atoms with Gasteiger partial charge in [-0.05, 0) is 66.8 Å². The molecule has 1 saturated carbocycles. The molecule has 4 atom stereocenters. The minimum atomic E-state index is -1.21. The molecule has 2 fully saturated rings. The molecule has 1 saturated heterocycles. The van der Waals surface area contributed by atoms with Gasteiger partial charge in [-0.2, -0.15) is 0 Å². The molecule has 1 aliphatic heterocycles. The van der Waals surface area contributed by atoms with Crippen LogP contribution in [0.4, 0.5) is 4.79 Å². The standard InChI is InChI=1S/C40H62N6O8/c1-10-14-28(33(48)35(50)41-22-30(47)43-31(36(51)45(8)9)26-15-12-11-13-16-26)42-34(49)29-21-40(6,7)24-46(29)37(52)32(44-38(53)54-23-25(2)3)27-17-19-39(4,5)20-18-27/h11-13,15-16,25,27-29,31-32H,10,14,17-24H2,1-9H3,(H,41,50)(H,42,49)(H,43,47)(H,44,53)/t28-,29+,31+,32+/m1/s1. The van der Waals surface area contributed by atoms with Crippen LogP contribution in [-0.2, 0) is 33.5 Å². The molecule has 1 aromatic carbocycles. The molecule has 1 aromatic rings. The lowest BCUT2D eigenvalue weighted by Gasteiger charge is -2.39. The summed E-state index contributed by atoms with van der Waals surface area (Å²) in [5.74, 6) is -4.06. The molecule has 54 heavy (non-hydrogen) atoms. The Balaban J connectivity index is 1.73. The second-order valence-corrected chi connectivity index (χ2v) is 17.0. The number of likely N-dealkylation sites (tertiary alicyclic amines) is 1. The molecular weight excluding hydrogens is 692 g/mol. The number of alkyl carbamates (subject to hydrolysis) is 1. The van der Waals surface area contributed by atoms with Crippen LogP contribution < -0.4 is 21.3 Å². The van der Waals surface area contributed by atoms with E-state index in [-0.39, 0.29) is 48.6 Å². The molecule has 14 nitrogen and oxygen atoms in total. The van der Waals surface area contributed by atoms with Crippen molar-refractivity contribution in [3.8, 4) is 0 Å². The Kier molecular flexibility index (Phi) is 15.6. The number of ketones is 1. The van der Waals surface area contributed by atoms with Crippen molar-refractivity contribution in [2.24, 2.45) is 22.7 Å². The average molecular weight is 755 g/mol. The Hall–Kier alpha value is -4.49. The Morgan fingerprint density at radius 2 is 1.54 bits per heavy atom. The molecule has 0 aromatic heterocycles. The van der Waals surface area contributed by atoms with Gasteiger partial charge in [0.05, 0.1) is 19.2 Å². The van der Waals surface area contributed by atoms with Crippen LogP contribution in [0, 0.1) is 22.7 Å². The lowest BCUT2D eigenvalue weighted by atomic mass is 9.71. The molecule has 4 N–H and O–H groups in total. The van der Waals surface area contributed by atoms with Crippen LogP contribution in [0.1, 0.15) is 105 Å². The zero-order chi connectivity index (χ0) is 40.4. The van der Waals surface area contributed by atoms with E-state index in [0.29, 0.717) is 18.4 Å². The quantitative estimate of drug-likeness (QED) is 0.185. The molecule has 6 amide bonds. The summed E-state index contributed by atoms with van der Waals surface area (Å²) in [5, 5.41) is 10.5. The highest BCUT2D eigenvalue weighted by molar-refractivity contribution is 6.38. The van der Waals surface area contributed by atoms with Crippen molar-refractivity contribution in [1.82, 2.24) is 31.1 Å². The van der Waals surface area contributed by atoms with Crippen molar-refractivity contribution in [3.05, 3.63) is 35.9 Å². The van der Waals surface area contributed by atoms with Crippen LogP contribution >= 0.6 is 0 Å². The monoisotopic (exact) mass is 754 g/mol. The van der Waals surface area contributed by atoms with Gasteiger partial charge in [-0.1, -0.05) is 85.2 Å². The molecule has 2 aliphatic rings. The molecule has 1 aliphatic carbocycles. The molecule has 14 heteroatoms. The van der Waals surface area contributed by atoms with E-state index in [1.165, 1.54) is 9.80 Å². The van der Waals surface area contributed by atoms with E-state index < -0.39 is 65.7 Å². The van der Waals surface area contributed by atoms with Gasteiger partial charge in [-0.3, -0.25) is 28.8 Å². The fourth-order valence-corrected chi connectivity index (χ4v) is 7.10. The van der Waals surface area contributed by atoms with Gasteiger partial charge in [-0.25, -0.2) is 4.79 Å². The van der Waals surface area contributed by atoms with E-state index in [2.05, 4.69) is 35.1 Å². The number of ether oxygens (including phenoxy) is 1. The second-order valence-electron chi connectivity index (χ2n) is 17.0. The summed E-state index contributed by atoms with van der Waals surface area (Å²) < 4.78 is 5.40. The molecule has 1 heterocycles. The highest BCUT2D eigenvalue weighted by Gasteiger charge is 2.48. The van der Waals surface area contributed by atoms with Crippen LogP contribution in [0.15, 0.2) is 30.3 Å². The number of benzene rings is 1. The summed E-state index contributed by atoms with van der Waals surface area (Å²) in [6, 6.07) is 4.59. The van der Waals surface area contributed by atoms with Gasteiger partial charge in [0, 0.05) is 20.6 Å². The zero-order valence-electron chi connectivity index (χ0n) is 33.6. The van der Waals surface area contributed by atoms with Crippen molar-refractivity contribution >= 4 is 41.4 Å². The van der Waals surface area contributed by atoms with Crippen molar-refractivity contribution in [3.63, 3.8) is 0 Å². The van der Waals surface area contributed by atoms with E-state index in [1.54, 1.807) is 51.4 Å². The highest BCUT2D eigenvalue weighted by Crippen LogP contribution is 2.41. The van der Waals surface area contributed by atoms with E-state index in [9.17, 15) is 33.6 Å². The van der Waals surface area contributed by atoms with Crippen LogP contribution in [0.25, 0.3) is 0 Å². The third kappa shape index (κ3) is 12.5. The van der Waals surface area contributed by atoms with Crippen molar-refractivity contribution in [2.75, 3.05) is 33.8 Å². The summed E-state index contributed by atoms with van der Waals surface area (Å²) in [6.45, 7) is 13.8. The van der Waals surface area contributed by atoms with Gasteiger partial charge >= 0.3 is 6.09 Å². The minimum Gasteiger partial charge on any atom is -0.449 e. The maximum Gasteiger partial charge on any atom is 0.407 e. The summed E-state index contributed by atoms with van der Waals surface area (Å²) in [7, 11) is 3.12. The van der Waals surface area contributed by atoms with Gasteiger partial charge in [0.2, 0.25) is 29.4 Å². The molecule has 0 unspecified atom stereocenters. The predicted octanol–water partition coefficient (Wildman–Crippen LogP) is 3.50. The number of rotatable bonds is 16. The first-order valence-corrected chi connectivity index (χ1v) is 19.2. The first kappa shape index (κ1) is 43.9. The lowest BCUT2D eigenvalue weighted by Crippen LogP contribution is -2.58. The van der Waals surface area contributed by atoms with Gasteiger partial charge in [0.25, 0.3) is 5.91 Å². The number of carbonyl (C=O) groups is 7. The summed E-state index contributed by atoms with van der Waals surface area (Å²) >= 11 is 0. The summed E-state index contributed by atoms with van der Waals surface area (Å²) in [5.41, 5.74) is 0.221. The smallest absolute Gasteiger partial charge is 0.407 e. The molecule has 300 valence electrons. The average Bonchev–Trinajstić information content (AvgIpc) is 3.45. The van der Waals surface area contributed by atoms with Crippen molar-refractivity contribution in [2.45, 2.75) is 118 Å². The number of amides is 6. The molecule has 0 radical (unpaired) electrons. The Labute approximate surface area is 320 Å². The number of nitrogens with one attached hydrogen (secondary N) is 4. The fraction of sp³-hybridized carbons (Fsp3) is 0.675. The first-order valence-electron chi connectivity index (χ1n) is 19.2. The van der Waals surface area contributed by atoms with Crippen LogP contribution in [0.5, 0.6) is 0 Å². The number of hydrogen-bond donors (Lipinski definition) is 4. The number of likely N-dealkylation sites (N-methyl/N-ethyl adjacent to an activating group) is 1.